The number of hydrogen-bond acceptors (Lipinski definition) is 5. The molecule has 96 valence electrons. The Morgan fingerprint density at radius 1 is 1.26 bits per heavy atom. The first-order chi connectivity index (χ1) is 9.29. The lowest BCUT2D eigenvalue weighted by molar-refractivity contribution is 0.122. The number of rotatable bonds is 1. The molecule has 1 fully saturated rings. The summed E-state index contributed by atoms with van der Waals surface area (Å²) in [4.78, 5) is 10.6. The molecule has 1 aromatic heterocycles. The van der Waals surface area contributed by atoms with Gasteiger partial charge in [-0.1, -0.05) is 6.07 Å². The van der Waals surface area contributed by atoms with Gasteiger partial charge in [0.05, 0.1) is 35.7 Å². The van der Waals surface area contributed by atoms with Gasteiger partial charge in [-0.15, -0.1) is 0 Å². The highest BCUT2D eigenvalue weighted by atomic mass is 35.5. The van der Waals surface area contributed by atoms with E-state index in [1.54, 1.807) is 12.1 Å². The van der Waals surface area contributed by atoms with Crippen molar-refractivity contribution in [2.24, 2.45) is 0 Å². The van der Waals surface area contributed by atoms with E-state index in [4.69, 9.17) is 16.3 Å². The minimum atomic E-state index is 0.198. The summed E-state index contributed by atoms with van der Waals surface area (Å²) in [6.45, 7) is 2.78. The van der Waals surface area contributed by atoms with Crippen LogP contribution in [0.25, 0.3) is 10.9 Å². The number of anilines is 1. The summed E-state index contributed by atoms with van der Waals surface area (Å²) in [6.07, 6.45) is 0. The van der Waals surface area contributed by atoms with Crippen LogP contribution in [0, 0.1) is 11.3 Å². The van der Waals surface area contributed by atoms with Crippen LogP contribution in [0.2, 0.25) is 5.28 Å². The molecule has 0 N–H and O–H groups in total. The molecule has 1 aliphatic rings. The van der Waals surface area contributed by atoms with Crippen LogP contribution in [0.4, 0.5) is 5.82 Å². The normalized spacial score (nSPS) is 15.5. The van der Waals surface area contributed by atoms with Crippen LogP contribution in [-0.2, 0) is 4.74 Å². The monoisotopic (exact) mass is 274 g/mol. The second-order valence-corrected chi connectivity index (χ2v) is 4.57. The number of halogens is 1. The van der Waals surface area contributed by atoms with Gasteiger partial charge in [-0.2, -0.15) is 10.2 Å². The van der Waals surface area contributed by atoms with Crippen molar-refractivity contribution in [1.82, 2.24) is 9.97 Å². The van der Waals surface area contributed by atoms with Gasteiger partial charge in [-0.25, -0.2) is 4.98 Å². The molecule has 0 amide bonds. The third kappa shape index (κ3) is 2.21. The average molecular weight is 275 g/mol. The number of aromatic nitrogens is 2. The maximum absolute atomic E-state index is 9.25. The number of fused-ring (bicyclic) bond motifs is 1. The third-order valence-corrected chi connectivity index (χ3v) is 3.28. The van der Waals surface area contributed by atoms with Gasteiger partial charge in [0.25, 0.3) is 0 Å². The van der Waals surface area contributed by atoms with E-state index in [2.05, 4.69) is 20.9 Å². The summed E-state index contributed by atoms with van der Waals surface area (Å²) in [6, 6.07) is 7.60. The molecule has 0 unspecified atom stereocenters. The Bertz CT molecular complexity index is 661. The summed E-state index contributed by atoms with van der Waals surface area (Å²) < 4.78 is 5.34. The van der Waals surface area contributed by atoms with E-state index in [9.17, 15) is 5.26 Å². The van der Waals surface area contributed by atoms with Gasteiger partial charge in [0.1, 0.15) is 5.82 Å². The van der Waals surface area contributed by atoms with E-state index < -0.39 is 0 Å². The Labute approximate surface area is 115 Å². The van der Waals surface area contributed by atoms with Gasteiger partial charge in [0.15, 0.2) is 0 Å². The van der Waals surface area contributed by atoms with Crippen molar-refractivity contribution in [3.63, 3.8) is 0 Å². The van der Waals surface area contributed by atoms with Crippen molar-refractivity contribution >= 4 is 28.3 Å². The highest BCUT2D eigenvalue weighted by molar-refractivity contribution is 6.28. The molecular formula is C13H11ClN4O. The van der Waals surface area contributed by atoms with Crippen molar-refractivity contribution < 1.29 is 4.74 Å². The molecule has 2 aromatic rings. The molecule has 1 saturated heterocycles. The highest BCUT2D eigenvalue weighted by Crippen LogP contribution is 2.28. The topological polar surface area (TPSA) is 62.0 Å². The molecule has 0 spiro atoms. The third-order valence-electron chi connectivity index (χ3n) is 3.11. The molecule has 6 heteroatoms. The van der Waals surface area contributed by atoms with Gasteiger partial charge >= 0.3 is 0 Å². The van der Waals surface area contributed by atoms with Crippen LogP contribution in [0.3, 0.4) is 0 Å². The summed E-state index contributed by atoms with van der Waals surface area (Å²) in [7, 11) is 0. The fourth-order valence-corrected chi connectivity index (χ4v) is 2.40. The molecule has 0 atom stereocenters. The number of hydrogen-bond donors (Lipinski definition) is 0. The maximum Gasteiger partial charge on any atom is 0.224 e. The second kappa shape index (κ2) is 5.00. The van der Waals surface area contributed by atoms with Crippen LogP contribution >= 0.6 is 11.6 Å². The van der Waals surface area contributed by atoms with E-state index in [1.807, 2.05) is 6.07 Å². The van der Waals surface area contributed by atoms with Crippen molar-refractivity contribution in [2.75, 3.05) is 31.2 Å². The van der Waals surface area contributed by atoms with E-state index in [0.29, 0.717) is 24.3 Å². The summed E-state index contributed by atoms with van der Waals surface area (Å²) in [5.74, 6) is 0.718. The minimum Gasteiger partial charge on any atom is -0.378 e. The van der Waals surface area contributed by atoms with E-state index in [-0.39, 0.29) is 5.28 Å². The van der Waals surface area contributed by atoms with Gasteiger partial charge in [-0.3, -0.25) is 0 Å². The molecule has 1 aliphatic heterocycles. The standard InChI is InChI=1S/C13H11ClN4O/c14-13-16-10-3-1-2-9(8-15)11(10)12(17-13)18-4-6-19-7-5-18/h1-3H,4-7H2. The molecule has 1 aromatic carbocycles. The molecule has 3 rings (SSSR count). The summed E-state index contributed by atoms with van der Waals surface area (Å²) >= 11 is 5.98. The second-order valence-electron chi connectivity index (χ2n) is 4.23. The molecule has 0 saturated carbocycles. The van der Waals surface area contributed by atoms with Crippen molar-refractivity contribution in [1.29, 1.82) is 5.26 Å². The maximum atomic E-state index is 9.25. The highest BCUT2D eigenvalue weighted by Gasteiger charge is 2.18. The fraction of sp³-hybridized carbons (Fsp3) is 0.308. The number of nitrogens with zero attached hydrogens (tertiary/aromatic N) is 4. The Balaban J connectivity index is 2.24. The first kappa shape index (κ1) is 12.2. The molecule has 2 heterocycles. The van der Waals surface area contributed by atoms with Crippen LogP contribution in [0.1, 0.15) is 5.56 Å². The van der Waals surface area contributed by atoms with Gasteiger partial charge < -0.3 is 9.64 Å². The zero-order chi connectivity index (χ0) is 13.2. The molecule has 0 radical (unpaired) electrons. The number of benzene rings is 1. The van der Waals surface area contributed by atoms with Crippen molar-refractivity contribution in [3.05, 3.63) is 29.0 Å². The van der Waals surface area contributed by atoms with Crippen LogP contribution in [0.5, 0.6) is 0 Å². The smallest absolute Gasteiger partial charge is 0.224 e. The average Bonchev–Trinajstić information content (AvgIpc) is 2.46. The predicted octanol–water partition coefficient (Wildman–Crippen LogP) is 1.99. The lowest BCUT2D eigenvalue weighted by Gasteiger charge is -2.28. The largest absolute Gasteiger partial charge is 0.378 e. The predicted molar refractivity (Wildman–Crippen MR) is 72.3 cm³/mol. The van der Waals surface area contributed by atoms with E-state index in [1.165, 1.54) is 0 Å². The summed E-state index contributed by atoms with van der Waals surface area (Å²) in [5.41, 5.74) is 1.26. The van der Waals surface area contributed by atoms with E-state index >= 15 is 0 Å². The Morgan fingerprint density at radius 2 is 2.05 bits per heavy atom. The number of ether oxygens (including phenoxy) is 1. The number of nitriles is 1. The van der Waals surface area contributed by atoms with Crippen LogP contribution in [-0.4, -0.2) is 36.3 Å². The molecule has 19 heavy (non-hydrogen) atoms. The van der Waals surface area contributed by atoms with Crippen LogP contribution in [0.15, 0.2) is 18.2 Å². The van der Waals surface area contributed by atoms with Crippen LogP contribution < -0.4 is 4.90 Å². The van der Waals surface area contributed by atoms with Crippen molar-refractivity contribution in [2.45, 2.75) is 0 Å². The number of morpholine rings is 1. The lowest BCUT2D eigenvalue weighted by Crippen LogP contribution is -2.37. The fourth-order valence-electron chi connectivity index (χ4n) is 2.23. The van der Waals surface area contributed by atoms with Gasteiger partial charge in [0.2, 0.25) is 5.28 Å². The Kier molecular flexibility index (Phi) is 3.20. The van der Waals surface area contributed by atoms with Gasteiger partial charge in [0, 0.05) is 13.1 Å². The summed E-state index contributed by atoms with van der Waals surface area (Å²) in [5, 5.41) is 10.2. The van der Waals surface area contributed by atoms with E-state index in [0.717, 1.165) is 24.3 Å². The zero-order valence-electron chi connectivity index (χ0n) is 10.1. The SMILES string of the molecule is N#Cc1cccc2nc(Cl)nc(N3CCOCC3)c12. The van der Waals surface area contributed by atoms with Crippen molar-refractivity contribution in [3.8, 4) is 6.07 Å². The first-order valence-electron chi connectivity index (χ1n) is 5.98. The lowest BCUT2D eigenvalue weighted by atomic mass is 10.1. The molecular weight excluding hydrogens is 264 g/mol. The first-order valence-corrected chi connectivity index (χ1v) is 6.36. The molecule has 0 aliphatic carbocycles. The Hall–Kier alpha value is -1.90. The quantitative estimate of drug-likeness (QED) is 0.744. The molecule has 0 bridgehead atoms. The minimum absolute atomic E-state index is 0.198. The Morgan fingerprint density at radius 3 is 2.79 bits per heavy atom. The van der Waals surface area contributed by atoms with Gasteiger partial charge in [-0.05, 0) is 23.7 Å². The zero-order valence-corrected chi connectivity index (χ0v) is 10.9. The molecule has 5 nitrogen and oxygen atoms in total.